The molecule has 0 aliphatic carbocycles. The molecule has 0 amide bonds. The van der Waals surface area contributed by atoms with Gasteiger partial charge in [0.05, 0.1) is 0 Å². The van der Waals surface area contributed by atoms with Gasteiger partial charge in [-0.2, -0.15) is 0 Å². The van der Waals surface area contributed by atoms with Gasteiger partial charge in [-0.25, -0.2) is 19.6 Å². The number of allylic oxidation sites excluding steroid dienone is 1. The molecule has 5 heavy (non-hydrogen) atoms. The minimum atomic E-state index is 0. The molecule has 0 unspecified atom stereocenters. The maximum Gasteiger partial charge on any atom is 2.00 e. The van der Waals surface area contributed by atoms with Crippen molar-refractivity contribution in [2.45, 2.75) is 0 Å². The van der Waals surface area contributed by atoms with Crippen LogP contribution in [0.3, 0.4) is 0 Å². The maximum atomic E-state index is 3.25. The molecule has 0 heterocycles. The van der Waals surface area contributed by atoms with Crippen molar-refractivity contribution in [1.29, 1.82) is 0 Å². The standard InChI is InChI=1S/C3H5.Be.BrH/c1-3-2;;/h3H,1-2H2;;1H/q-1;+2;/p-1. The van der Waals surface area contributed by atoms with Crippen molar-refractivity contribution in [3.63, 3.8) is 0 Å². The Morgan fingerprint density at radius 2 is 1.60 bits per heavy atom. The van der Waals surface area contributed by atoms with E-state index in [4.69, 9.17) is 0 Å². The second-order valence-electron chi connectivity index (χ2n) is 0.289. The fourth-order valence-electron chi connectivity index (χ4n) is 0. The number of hydrogen-bond acceptors (Lipinski definition) is 0. The summed E-state index contributed by atoms with van der Waals surface area (Å²) < 4.78 is 0. The fourth-order valence-corrected chi connectivity index (χ4v) is 0. The number of rotatable bonds is 0. The fraction of sp³-hybridized carbons (Fsp3) is 0. The topological polar surface area (TPSA) is 0 Å². The molecule has 0 spiro atoms. The van der Waals surface area contributed by atoms with Crippen LogP contribution in [0.15, 0.2) is 12.7 Å². The molecule has 0 aromatic carbocycles. The average molecular weight is 130 g/mol. The quantitative estimate of drug-likeness (QED) is 0.254. The van der Waals surface area contributed by atoms with Crippen LogP contribution in [0.2, 0.25) is 0 Å². The molecule has 0 bridgehead atoms. The molecule has 0 aromatic heterocycles. The number of hydrogen-bond donors (Lipinski definition) is 0. The Morgan fingerprint density at radius 3 is 1.60 bits per heavy atom. The first-order valence-electron chi connectivity index (χ1n) is 0.816. The van der Waals surface area contributed by atoms with E-state index in [2.05, 4.69) is 13.5 Å². The monoisotopic (exact) mass is 129 g/mol. The van der Waals surface area contributed by atoms with E-state index in [0.717, 1.165) is 0 Å². The van der Waals surface area contributed by atoms with Crippen LogP contribution in [0.25, 0.3) is 0 Å². The van der Waals surface area contributed by atoms with Gasteiger partial charge in [-0.15, -0.1) is 0 Å². The molecule has 0 nitrogen and oxygen atoms in total. The van der Waals surface area contributed by atoms with E-state index in [1.807, 2.05) is 0 Å². The molecule has 0 rings (SSSR count). The van der Waals surface area contributed by atoms with E-state index < -0.39 is 0 Å². The van der Waals surface area contributed by atoms with E-state index in [9.17, 15) is 0 Å². The summed E-state index contributed by atoms with van der Waals surface area (Å²) in [5, 5.41) is 0. The van der Waals surface area contributed by atoms with E-state index in [-0.39, 0.29) is 27.1 Å². The van der Waals surface area contributed by atoms with Crippen molar-refractivity contribution < 1.29 is 17.0 Å². The molecular weight excluding hydrogens is 125 g/mol. The van der Waals surface area contributed by atoms with Crippen molar-refractivity contribution in [3.05, 3.63) is 19.6 Å². The summed E-state index contributed by atoms with van der Waals surface area (Å²) in [7, 11) is 0. The first kappa shape index (κ1) is 18.7. The van der Waals surface area contributed by atoms with Gasteiger partial charge in [0.2, 0.25) is 0 Å². The van der Waals surface area contributed by atoms with Gasteiger partial charge in [0.1, 0.15) is 0 Å². The summed E-state index contributed by atoms with van der Waals surface area (Å²) >= 11 is 0. The molecule has 0 radical (unpaired) electrons. The summed E-state index contributed by atoms with van der Waals surface area (Å²) in [5.41, 5.74) is 0. The Morgan fingerprint density at radius 1 is 1.60 bits per heavy atom. The molecule has 0 saturated heterocycles. The van der Waals surface area contributed by atoms with E-state index in [1.54, 1.807) is 0 Å². The van der Waals surface area contributed by atoms with Gasteiger partial charge in [0.25, 0.3) is 0 Å². The Bertz CT molecular complexity index is 14.4. The SMILES string of the molecule is C=C[CH2-].[Be+2].[Br-]. The largest absolute Gasteiger partial charge is 2.00 e. The van der Waals surface area contributed by atoms with Crippen LogP contribution in [0, 0.1) is 6.92 Å². The summed E-state index contributed by atoms with van der Waals surface area (Å²) in [4.78, 5) is 0. The van der Waals surface area contributed by atoms with Crippen LogP contribution in [-0.2, 0) is 0 Å². The van der Waals surface area contributed by atoms with Crippen LogP contribution in [-0.4, -0.2) is 10.1 Å². The smallest absolute Gasteiger partial charge is 1.00 e. The molecule has 0 aliphatic rings. The number of halogens is 1. The third-order valence-electron chi connectivity index (χ3n) is 0. The first-order chi connectivity index (χ1) is 1.41. The molecule has 0 atom stereocenters. The molecule has 0 aromatic rings. The van der Waals surface area contributed by atoms with Crippen molar-refractivity contribution in [1.82, 2.24) is 0 Å². The zero-order chi connectivity index (χ0) is 2.71. The molecule has 0 saturated carbocycles. The predicted molar refractivity (Wildman–Crippen MR) is 21.3 cm³/mol. The minimum absolute atomic E-state index is 0. The van der Waals surface area contributed by atoms with Crippen LogP contribution >= 0.6 is 0 Å². The van der Waals surface area contributed by atoms with Gasteiger partial charge in [0, 0.05) is 0 Å². The van der Waals surface area contributed by atoms with Gasteiger partial charge in [-0.05, 0) is 0 Å². The van der Waals surface area contributed by atoms with Crippen molar-refractivity contribution in [2.24, 2.45) is 0 Å². The molecular formula is C3H5BeBr. The second-order valence-corrected chi connectivity index (χ2v) is 0.289. The van der Waals surface area contributed by atoms with Crippen molar-refractivity contribution >= 4 is 10.1 Å². The van der Waals surface area contributed by atoms with Gasteiger partial charge in [-0.1, -0.05) is 0 Å². The Hall–Kier alpha value is 0.259. The van der Waals surface area contributed by atoms with Gasteiger partial charge >= 0.3 is 10.1 Å². The zero-order valence-corrected chi connectivity index (χ0v) is 4.66. The summed E-state index contributed by atoms with van der Waals surface area (Å²) in [6.07, 6.45) is 1.50. The third-order valence-corrected chi connectivity index (χ3v) is 0. The summed E-state index contributed by atoms with van der Waals surface area (Å²) in [6.45, 7) is 6.50. The normalized spacial score (nSPS) is 2.40. The Balaban J connectivity index is -0.0000000200. The maximum absolute atomic E-state index is 3.25. The van der Waals surface area contributed by atoms with Gasteiger partial charge < -0.3 is 17.0 Å². The molecule has 0 N–H and O–H groups in total. The molecule has 26 valence electrons. The summed E-state index contributed by atoms with van der Waals surface area (Å²) in [6, 6.07) is 0. The molecule has 2 heteroatoms. The van der Waals surface area contributed by atoms with Crippen LogP contribution in [0.4, 0.5) is 0 Å². The molecule has 0 aliphatic heterocycles. The predicted octanol–water partition coefficient (Wildman–Crippen LogP) is -2.37. The van der Waals surface area contributed by atoms with Crippen LogP contribution < -0.4 is 17.0 Å². The minimum Gasteiger partial charge on any atom is -1.00 e. The first-order valence-corrected chi connectivity index (χ1v) is 0.816. The molecule has 0 fully saturated rings. The Kier molecular flexibility index (Phi) is 107. The van der Waals surface area contributed by atoms with Gasteiger partial charge in [-0.3, -0.25) is 0 Å². The van der Waals surface area contributed by atoms with E-state index >= 15 is 0 Å². The van der Waals surface area contributed by atoms with Crippen LogP contribution in [0.1, 0.15) is 0 Å². The van der Waals surface area contributed by atoms with Crippen molar-refractivity contribution in [3.8, 4) is 0 Å². The van der Waals surface area contributed by atoms with Gasteiger partial charge in [0.15, 0.2) is 0 Å². The van der Waals surface area contributed by atoms with E-state index in [1.165, 1.54) is 6.08 Å². The third kappa shape index (κ3) is 324. The van der Waals surface area contributed by atoms with E-state index in [0.29, 0.717) is 0 Å². The van der Waals surface area contributed by atoms with Crippen molar-refractivity contribution in [2.75, 3.05) is 0 Å². The second kappa shape index (κ2) is 28.5. The summed E-state index contributed by atoms with van der Waals surface area (Å²) in [5.74, 6) is 0. The average Bonchev–Trinajstić information content (AvgIpc) is 0.918. The Labute approximate surface area is 47.3 Å². The van der Waals surface area contributed by atoms with Crippen LogP contribution in [0.5, 0.6) is 0 Å². The zero-order valence-electron chi connectivity index (χ0n) is 3.08.